The third-order valence-corrected chi connectivity index (χ3v) is 18.1. The van der Waals surface area contributed by atoms with E-state index in [1.807, 2.05) is 78.6 Å². The molecule has 0 aromatic carbocycles. The lowest BCUT2D eigenvalue weighted by molar-refractivity contribution is 0.351. The molecular formula is C13H39NO6P2Si4. The fraction of sp³-hybridized carbons (Fsp3) is 1.00. The summed E-state index contributed by atoms with van der Waals surface area (Å²) in [6.45, 7) is 22.7. The van der Waals surface area contributed by atoms with Crippen LogP contribution in [0.15, 0.2) is 0 Å². The molecule has 26 heavy (non-hydrogen) atoms. The predicted molar refractivity (Wildman–Crippen MR) is 121 cm³/mol. The van der Waals surface area contributed by atoms with E-state index in [4.69, 9.17) is 22.6 Å². The van der Waals surface area contributed by atoms with Crippen LogP contribution in [0.5, 0.6) is 0 Å². The lowest BCUT2D eigenvalue weighted by Gasteiger charge is -2.39. The first-order chi connectivity index (χ1) is 11.0. The average Bonchev–Trinajstić information content (AvgIpc) is 2.16. The number of rotatable bonds is 10. The second kappa shape index (κ2) is 8.47. The molecule has 0 aliphatic carbocycles. The first kappa shape index (κ1) is 27.1. The van der Waals surface area contributed by atoms with Crippen molar-refractivity contribution in [3.8, 4) is 0 Å². The average molecular weight is 480 g/mol. The van der Waals surface area contributed by atoms with Crippen LogP contribution in [0.25, 0.3) is 0 Å². The summed E-state index contributed by atoms with van der Waals surface area (Å²) in [5.41, 5.74) is 4.87. The summed E-state index contributed by atoms with van der Waals surface area (Å²) in [4.78, 5) is 0. The van der Waals surface area contributed by atoms with Gasteiger partial charge in [-0.3, -0.25) is 9.13 Å². The van der Waals surface area contributed by atoms with Crippen molar-refractivity contribution in [3.63, 3.8) is 0 Å². The fourth-order valence-electron chi connectivity index (χ4n) is 1.95. The van der Waals surface area contributed by atoms with Crippen molar-refractivity contribution in [2.24, 2.45) is 5.73 Å². The van der Waals surface area contributed by atoms with Crippen molar-refractivity contribution < 1.29 is 26.0 Å². The van der Waals surface area contributed by atoms with Crippen LogP contribution in [0.2, 0.25) is 78.6 Å². The van der Waals surface area contributed by atoms with Crippen molar-refractivity contribution in [1.29, 1.82) is 0 Å². The van der Waals surface area contributed by atoms with Crippen molar-refractivity contribution in [2.45, 2.75) is 84.1 Å². The maximum Gasteiger partial charge on any atom is 0.340 e. The SMILES string of the molecule is C[Si](C)(C)OP(=O)(O[Si](C)(C)C)C(N)P(=O)(O[Si](C)(C)C)O[Si](C)(C)C. The molecule has 0 unspecified atom stereocenters. The van der Waals surface area contributed by atoms with E-state index in [-0.39, 0.29) is 0 Å². The zero-order valence-electron chi connectivity index (χ0n) is 18.5. The monoisotopic (exact) mass is 479 g/mol. The number of hydrogen-bond donors (Lipinski definition) is 1. The molecule has 7 nitrogen and oxygen atoms in total. The van der Waals surface area contributed by atoms with Gasteiger partial charge >= 0.3 is 15.2 Å². The Morgan fingerprint density at radius 3 is 0.808 bits per heavy atom. The Morgan fingerprint density at radius 1 is 0.538 bits per heavy atom. The number of nitrogens with two attached hydrogens (primary N) is 1. The normalized spacial score (nSPS) is 15.6. The van der Waals surface area contributed by atoms with Gasteiger partial charge in [0.05, 0.1) is 0 Å². The highest BCUT2D eigenvalue weighted by molar-refractivity contribution is 7.75. The standard InChI is InChI=1S/C13H39NO6P2Si4/c1-23(2,3)17-21(15,18-24(4,5)6)13(14)22(16,19-25(7,8)9)20-26(10,11)12/h13H,14H2,1-12H3. The van der Waals surface area contributed by atoms with Gasteiger partial charge in [-0.15, -0.1) is 0 Å². The van der Waals surface area contributed by atoms with Crippen LogP contribution >= 0.6 is 15.2 Å². The van der Waals surface area contributed by atoms with Gasteiger partial charge < -0.3 is 22.6 Å². The summed E-state index contributed by atoms with van der Waals surface area (Å²) in [6.07, 6.45) is 0. The third kappa shape index (κ3) is 10.6. The van der Waals surface area contributed by atoms with E-state index < -0.39 is 54.0 Å². The molecule has 2 N–H and O–H groups in total. The van der Waals surface area contributed by atoms with Gasteiger partial charge in [0.1, 0.15) is 0 Å². The Morgan fingerprint density at radius 2 is 0.692 bits per heavy atom. The molecule has 0 radical (unpaired) electrons. The lowest BCUT2D eigenvalue weighted by atomic mass is 11.5. The minimum atomic E-state index is -3.91. The van der Waals surface area contributed by atoms with E-state index in [0.717, 1.165) is 0 Å². The van der Waals surface area contributed by atoms with Crippen molar-refractivity contribution in [1.82, 2.24) is 0 Å². The summed E-state index contributed by atoms with van der Waals surface area (Å²) < 4.78 is 51.2. The highest BCUT2D eigenvalue weighted by Gasteiger charge is 2.54. The molecule has 0 aliphatic rings. The zero-order chi connectivity index (χ0) is 21.4. The molecule has 0 atom stereocenters. The second-order valence-electron chi connectivity index (χ2n) is 10.3. The Hall–Kier alpha value is 1.13. The molecule has 158 valence electrons. The van der Waals surface area contributed by atoms with E-state index in [1.165, 1.54) is 0 Å². The van der Waals surface area contributed by atoms with Crippen LogP contribution in [0.4, 0.5) is 0 Å². The Kier molecular flexibility index (Phi) is 8.84. The lowest BCUT2D eigenvalue weighted by Crippen LogP contribution is -2.40. The van der Waals surface area contributed by atoms with Gasteiger partial charge in [-0.2, -0.15) is 0 Å². The van der Waals surface area contributed by atoms with Crippen molar-refractivity contribution >= 4 is 48.5 Å². The van der Waals surface area contributed by atoms with Crippen molar-refractivity contribution in [3.05, 3.63) is 0 Å². The van der Waals surface area contributed by atoms with E-state index >= 15 is 0 Å². The van der Waals surface area contributed by atoms with Gasteiger partial charge in [0.25, 0.3) is 0 Å². The first-order valence-corrected chi connectivity index (χ1v) is 25.6. The Labute approximate surface area is 164 Å². The first-order valence-electron chi connectivity index (χ1n) is 8.76. The van der Waals surface area contributed by atoms with E-state index in [9.17, 15) is 9.13 Å². The van der Waals surface area contributed by atoms with E-state index in [0.29, 0.717) is 0 Å². The van der Waals surface area contributed by atoms with Gasteiger partial charge in [0, 0.05) is 0 Å². The molecule has 0 aromatic heterocycles. The highest BCUT2D eigenvalue weighted by atomic mass is 31.2. The van der Waals surface area contributed by atoms with Crippen LogP contribution in [-0.4, -0.2) is 38.8 Å². The molecule has 0 amide bonds. The molecule has 0 rings (SSSR count). The van der Waals surface area contributed by atoms with Crippen LogP contribution in [0.1, 0.15) is 0 Å². The second-order valence-corrected chi connectivity index (χ2v) is 33.8. The largest absolute Gasteiger partial charge is 0.350 e. The van der Waals surface area contributed by atoms with E-state index in [2.05, 4.69) is 0 Å². The summed E-state index contributed by atoms with van der Waals surface area (Å²) >= 11 is 0. The maximum atomic E-state index is 13.8. The summed E-state index contributed by atoms with van der Waals surface area (Å²) in [5.74, 6) is 0. The molecule has 0 saturated carbocycles. The van der Waals surface area contributed by atoms with Crippen LogP contribution in [0.3, 0.4) is 0 Å². The molecule has 0 spiro atoms. The Balaban J connectivity index is 6.23. The van der Waals surface area contributed by atoms with Gasteiger partial charge in [0.2, 0.25) is 5.52 Å². The van der Waals surface area contributed by atoms with Crippen molar-refractivity contribution in [2.75, 3.05) is 0 Å². The van der Waals surface area contributed by atoms with Crippen LogP contribution < -0.4 is 5.73 Å². The smallest absolute Gasteiger partial charge is 0.340 e. The molecule has 0 aromatic rings. The van der Waals surface area contributed by atoms with Gasteiger partial charge in [-0.1, -0.05) is 0 Å². The van der Waals surface area contributed by atoms with Crippen LogP contribution in [0, 0.1) is 0 Å². The highest BCUT2D eigenvalue weighted by Crippen LogP contribution is 2.71. The van der Waals surface area contributed by atoms with Gasteiger partial charge in [0.15, 0.2) is 33.3 Å². The molecular weight excluding hydrogens is 440 g/mol. The third-order valence-electron chi connectivity index (χ3n) is 2.25. The van der Waals surface area contributed by atoms with E-state index in [1.54, 1.807) is 0 Å². The minimum absolute atomic E-state index is 1.45. The summed E-state index contributed by atoms with van der Waals surface area (Å²) in [7, 11) is -17.1. The maximum absolute atomic E-state index is 13.8. The molecule has 0 bridgehead atoms. The predicted octanol–water partition coefficient (Wildman–Crippen LogP) is 6.02. The fourth-order valence-corrected chi connectivity index (χ4v) is 19.9. The molecule has 13 heteroatoms. The molecule has 0 heterocycles. The number of hydrogen-bond acceptors (Lipinski definition) is 7. The molecule has 0 aliphatic heterocycles. The summed E-state index contributed by atoms with van der Waals surface area (Å²) in [6, 6.07) is 0. The molecule has 0 fully saturated rings. The van der Waals surface area contributed by atoms with Gasteiger partial charge in [-0.25, -0.2) is 0 Å². The van der Waals surface area contributed by atoms with Gasteiger partial charge in [-0.05, 0) is 78.6 Å². The zero-order valence-corrected chi connectivity index (χ0v) is 24.3. The quantitative estimate of drug-likeness (QED) is 0.302. The minimum Gasteiger partial charge on any atom is -0.350 e. The van der Waals surface area contributed by atoms with Crippen LogP contribution in [-0.2, 0) is 26.0 Å². The topological polar surface area (TPSA) is 97.1 Å². The Bertz CT molecular complexity index is 487. The molecule has 0 saturated heterocycles. The summed E-state index contributed by atoms with van der Waals surface area (Å²) in [5, 5.41) is 0.